The van der Waals surface area contributed by atoms with E-state index in [1.165, 1.54) is 22.5 Å². The highest BCUT2D eigenvalue weighted by molar-refractivity contribution is 8.24. The van der Waals surface area contributed by atoms with Crippen LogP contribution in [0.1, 0.15) is 10.5 Å². The van der Waals surface area contributed by atoms with Gasteiger partial charge >= 0.3 is 0 Å². The van der Waals surface area contributed by atoms with Crippen molar-refractivity contribution < 1.29 is 4.79 Å². The van der Waals surface area contributed by atoms with Crippen molar-refractivity contribution >= 4 is 45.9 Å². The Labute approximate surface area is 122 Å². The van der Waals surface area contributed by atoms with E-state index in [0.29, 0.717) is 10.8 Å². The molecule has 2 aromatic heterocycles. The van der Waals surface area contributed by atoms with Gasteiger partial charge in [0.2, 0.25) is 0 Å². The fourth-order valence-electron chi connectivity index (χ4n) is 1.47. The molecule has 1 fully saturated rings. The van der Waals surface area contributed by atoms with Crippen molar-refractivity contribution in [1.29, 1.82) is 0 Å². The number of carbonyl (C=O) groups is 1. The predicted octanol–water partition coefficient (Wildman–Crippen LogP) is 2.86. The third kappa shape index (κ3) is 2.65. The Morgan fingerprint density at radius 2 is 2.26 bits per heavy atom. The zero-order chi connectivity index (χ0) is 13.4. The number of thioether (sulfide) groups is 1. The van der Waals surface area contributed by atoms with E-state index in [-0.39, 0.29) is 10.8 Å². The van der Waals surface area contributed by atoms with Crippen LogP contribution >= 0.6 is 35.0 Å². The lowest BCUT2D eigenvalue weighted by Crippen LogP contribution is -2.09. The number of halogens is 2. The molecule has 0 aliphatic carbocycles. The number of rotatable bonds is 2. The standard InChI is InChI=1S/C11H6Cl2N4OS/c12-6-2-1-3-14-10(6)17-7(4-8(13)16-17)11(18)15-9-5-19-9/h1-4H,5H2. The maximum absolute atomic E-state index is 12.0. The fourth-order valence-corrected chi connectivity index (χ4v) is 2.12. The Bertz CT molecular complexity index is 692. The Balaban J connectivity index is 2.09. The minimum atomic E-state index is -0.402. The lowest BCUT2D eigenvalue weighted by Gasteiger charge is -2.04. The van der Waals surface area contributed by atoms with Crippen LogP contribution in [0.15, 0.2) is 29.4 Å². The largest absolute Gasteiger partial charge is 0.296 e. The van der Waals surface area contributed by atoms with Gasteiger partial charge in [-0.25, -0.2) is 14.7 Å². The number of nitrogens with zero attached hydrogens (tertiary/aromatic N) is 4. The Morgan fingerprint density at radius 1 is 1.47 bits per heavy atom. The Kier molecular flexibility index (Phi) is 3.30. The van der Waals surface area contributed by atoms with Gasteiger partial charge in [-0.3, -0.25) is 4.79 Å². The molecule has 1 aliphatic rings. The second kappa shape index (κ2) is 4.96. The number of pyridine rings is 1. The van der Waals surface area contributed by atoms with Crippen LogP contribution in [0.25, 0.3) is 5.82 Å². The van der Waals surface area contributed by atoms with E-state index in [9.17, 15) is 4.79 Å². The van der Waals surface area contributed by atoms with Crippen LogP contribution in [0.3, 0.4) is 0 Å². The lowest BCUT2D eigenvalue weighted by atomic mass is 10.4. The molecule has 1 amide bonds. The average molecular weight is 313 g/mol. The zero-order valence-corrected chi connectivity index (χ0v) is 11.7. The SMILES string of the molecule is O=C(N=C1CS1)c1cc(Cl)nn1-c1ncccc1Cl. The summed E-state index contributed by atoms with van der Waals surface area (Å²) in [6, 6.07) is 4.81. The number of carbonyl (C=O) groups excluding carboxylic acids is 1. The first-order valence-electron chi connectivity index (χ1n) is 5.26. The number of aromatic nitrogens is 3. The summed E-state index contributed by atoms with van der Waals surface area (Å²) in [5, 5.41) is 5.40. The lowest BCUT2D eigenvalue weighted by molar-refractivity contribution is 0.0996. The van der Waals surface area contributed by atoms with Crippen LogP contribution < -0.4 is 0 Å². The Hall–Kier alpha value is -1.37. The molecule has 0 radical (unpaired) electrons. The predicted molar refractivity (Wildman–Crippen MR) is 75.6 cm³/mol. The molecular formula is C11H6Cl2N4OS. The maximum atomic E-state index is 12.0. The maximum Gasteiger partial charge on any atom is 0.296 e. The highest BCUT2D eigenvalue weighted by atomic mass is 35.5. The normalized spacial score (nSPS) is 15.8. The van der Waals surface area contributed by atoms with Gasteiger partial charge in [0.15, 0.2) is 11.0 Å². The monoisotopic (exact) mass is 312 g/mol. The summed E-state index contributed by atoms with van der Waals surface area (Å²) in [6.07, 6.45) is 1.56. The molecule has 0 N–H and O–H groups in total. The molecule has 0 unspecified atom stereocenters. The first-order valence-corrected chi connectivity index (χ1v) is 7.00. The van der Waals surface area contributed by atoms with Gasteiger partial charge in [0.25, 0.3) is 5.91 Å². The minimum absolute atomic E-state index is 0.189. The molecule has 5 nitrogen and oxygen atoms in total. The van der Waals surface area contributed by atoms with Crippen molar-refractivity contribution in [1.82, 2.24) is 14.8 Å². The molecule has 8 heteroatoms. The smallest absolute Gasteiger partial charge is 0.265 e. The van der Waals surface area contributed by atoms with E-state index < -0.39 is 5.91 Å². The number of aliphatic imine (C=N–C) groups is 1. The molecule has 3 rings (SSSR count). The highest BCUT2D eigenvalue weighted by Crippen LogP contribution is 2.25. The molecule has 19 heavy (non-hydrogen) atoms. The number of amides is 1. The van der Waals surface area contributed by atoms with Crippen LogP contribution in [0.4, 0.5) is 0 Å². The molecule has 1 saturated heterocycles. The average Bonchev–Trinajstić information content (AvgIpc) is 3.10. The van der Waals surface area contributed by atoms with E-state index >= 15 is 0 Å². The summed E-state index contributed by atoms with van der Waals surface area (Å²) in [5.74, 6) is 0.738. The van der Waals surface area contributed by atoms with Gasteiger partial charge in [-0.1, -0.05) is 23.2 Å². The topological polar surface area (TPSA) is 60.1 Å². The van der Waals surface area contributed by atoms with Gasteiger partial charge in [0, 0.05) is 18.0 Å². The van der Waals surface area contributed by atoms with E-state index in [1.54, 1.807) is 18.3 Å². The van der Waals surface area contributed by atoms with Crippen molar-refractivity contribution in [2.75, 3.05) is 5.75 Å². The van der Waals surface area contributed by atoms with Gasteiger partial charge in [-0.15, -0.1) is 11.8 Å². The molecule has 0 spiro atoms. The van der Waals surface area contributed by atoms with Gasteiger partial charge in [-0.05, 0) is 12.1 Å². The molecule has 0 aromatic carbocycles. The minimum Gasteiger partial charge on any atom is -0.265 e. The van der Waals surface area contributed by atoms with Crippen molar-refractivity contribution in [3.8, 4) is 5.82 Å². The van der Waals surface area contributed by atoms with Crippen molar-refractivity contribution in [3.63, 3.8) is 0 Å². The molecule has 2 aromatic rings. The van der Waals surface area contributed by atoms with Crippen LogP contribution in [-0.4, -0.2) is 31.5 Å². The van der Waals surface area contributed by atoms with Gasteiger partial charge in [0.1, 0.15) is 5.69 Å². The molecule has 0 saturated carbocycles. The molecule has 3 heterocycles. The summed E-state index contributed by atoms with van der Waals surface area (Å²) in [4.78, 5) is 20.1. The van der Waals surface area contributed by atoms with E-state index in [1.807, 2.05) is 0 Å². The fraction of sp³-hybridized carbons (Fsp3) is 0.0909. The molecular weight excluding hydrogens is 307 g/mol. The molecule has 0 atom stereocenters. The van der Waals surface area contributed by atoms with E-state index in [2.05, 4.69) is 15.1 Å². The van der Waals surface area contributed by atoms with Crippen LogP contribution in [0, 0.1) is 0 Å². The summed E-state index contributed by atoms with van der Waals surface area (Å²) in [5.41, 5.74) is 0.241. The van der Waals surface area contributed by atoms with E-state index in [4.69, 9.17) is 23.2 Å². The van der Waals surface area contributed by atoms with Crippen molar-refractivity contribution in [2.45, 2.75) is 0 Å². The van der Waals surface area contributed by atoms with Crippen LogP contribution in [0.5, 0.6) is 0 Å². The van der Waals surface area contributed by atoms with Crippen LogP contribution in [0.2, 0.25) is 10.2 Å². The summed E-state index contributed by atoms with van der Waals surface area (Å²) < 4.78 is 1.31. The summed E-state index contributed by atoms with van der Waals surface area (Å²) in [6.45, 7) is 0. The first kappa shape index (κ1) is 12.7. The quantitative estimate of drug-likeness (QED) is 0.800. The van der Waals surface area contributed by atoms with Gasteiger partial charge in [0.05, 0.1) is 10.1 Å². The molecule has 96 valence electrons. The van der Waals surface area contributed by atoms with Crippen molar-refractivity contribution in [2.24, 2.45) is 4.99 Å². The Morgan fingerprint density at radius 3 is 2.95 bits per heavy atom. The second-order valence-corrected chi connectivity index (χ2v) is 5.52. The third-order valence-corrected chi connectivity index (χ3v) is 3.46. The summed E-state index contributed by atoms with van der Waals surface area (Å²) >= 11 is 13.4. The highest BCUT2D eigenvalue weighted by Gasteiger charge is 2.22. The van der Waals surface area contributed by atoms with Crippen molar-refractivity contribution in [3.05, 3.63) is 40.3 Å². The molecule has 1 aliphatic heterocycles. The van der Waals surface area contributed by atoms with E-state index in [0.717, 1.165) is 10.8 Å². The number of hydrogen-bond acceptors (Lipinski definition) is 4. The van der Waals surface area contributed by atoms with Gasteiger partial charge in [-0.2, -0.15) is 5.10 Å². The number of hydrogen-bond donors (Lipinski definition) is 0. The second-order valence-electron chi connectivity index (χ2n) is 3.67. The first-order chi connectivity index (χ1) is 9.15. The zero-order valence-electron chi connectivity index (χ0n) is 9.38. The molecule has 0 bridgehead atoms. The van der Waals surface area contributed by atoms with Gasteiger partial charge < -0.3 is 0 Å². The third-order valence-electron chi connectivity index (χ3n) is 2.34. The summed E-state index contributed by atoms with van der Waals surface area (Å²) in [7, 11) is 0. The van der Waals surface area contributed by atoms with Crippen LogP contribution in [-0.2, 0) is 0 Å².